The van der Waals surface area contributed by atoms with Gasteiger partial charge in [-0.2, -0.15) is 0 Å². The van der Waals surface area contributed by atoms with Crippen molar-refractivity contribution in [2.75, 3.05) is 31.1 Å². The largest absolute Gasteiger partial charge is 0.372 e. The third-order valence-electron chi connectivity index (χ3n) is 4.34. The maximum atomic E-state index is 8.11. The number of aliphatic imine (C=N–C) groups is 1. The molecule has 0 bridgehead atoms. The lowest BCUT2D eigenvalue weighted by Gasteiger charge is -2.20. The summed E-state index contributed by atoms with van der Waals surface area (Å²) in [5.41, 5.74) is 2.38. The number of likely N-dealkylation sites (tertiary alicyclic amines) is 1. The van der Waals surface area contributed by atoms with Crippen molar-refractivity contribution in [2.45, 2.75) is 26.7 Å². The summed E-state index contributed by atoms with van der Waals surface area (Å²) in [6.45, 7) is 8.53. The van der Waals surface area contributed by atoms with Gasteiger partial charge in [0.1, 0.15) is 0 Å². The topological polar surface area (TPSA) is 42.7 Å². The zero-order chi connectivity index (χ0) is 16.2. The van der Waals surface area contributed by atoms with Crippen molar-refractivity contribution in [1.29, 1.82) is 5.41 Å². The maximum Gasteiger partial charge on any atom is 0.171 e. The van der Waals surface area contributed by atoms with Gasteiger partial charge in [-0.3, -0.25) is 5.41 Å². The molecule has 1 aromatic rings. The van der Waals surface area contributed by atoms with Crippen LogP contribution in [0.5, 0.6) is 0 Å². The first-order chi connectivity index (χ1) is 11.2. The summed E-state index contributed by atoms with van der Waals surface area (Å²) in [5, 5.41) is 9.11. The lowest BCUT2D eigenvalue weighted by atomic mass is 10.1. The monoisotopic (exact) mass is 328 g/mol. The Morgan fingerprint density at radius 3 is 2.43 bits per heavy atom. The fourth-order valence-electron chi connectivity index (χ4n) is 2.98. The Morgan fingerprint density at radius 1 is 1.17 bits per heavy atom. The molecule has 0 radical (unpaired) electrons. The molecule has 122 valence electrons. The first kappa shape index (κ1) is 16.1. The highest BCUT2D eigenvalue weighted by atomic mass is 32.2. The van der Waals surface area contributed by atoms with E-state index in [-0.39, 0.29) is 0 Å². The molecule has 4 nitrogen and oxygen atoms in total. The van der Waals surface area contributed by atoms with E-state index in [1.54, 1.807) is 11.8 Å². The lowest BCUT2D eigenvalue weighted by molar-refractivity contribution is 0.531. The average Bonchev–Trinajstić information content (AvgIpc) is 3.21. The van der Waals surface area contributed by atoms with E-state index in [1.807, 2.05) is 0 Å². The van der Waals surface area contributed by atoms with Gasteiger partial charge in [0.15, 0.2) is 11.0 Å². The van der Waals surface area contributed by atoms with E-state index < -0.39 is 0 Å². The van der Waals surface area contributed by atoms with Gasteiger partial charge < -0.3 is 9.80 Å². The highest BCUT2D eigenvalue weighted by molar-refractivity contribution is 8.18. The number of thioether (sulfide) groups is 1. The van der Waals surface area contributed by atoms with E-state index in [9.17, 15) is 0 Å². The smallest absolute Gasteiger partial charge is 0.171 e. The Morgan fingerprint density at radius 2 is 1.83 bits per heavy atom. The Bertz CT molecular complexity index is 623. The number of benzene rings is 1. The molecule has 0 amide bonds. The molecule has 2 heterocycles. The van der Waals surface area contributed by atoms with Crippen LogP contribution in [0.1, 0.15) is 32.3 Å². The fourth-order valence-corrected chi connectivity index (χ4v) is 3.97. The van der Waals surface area contributed by atoms with E-state index in [4.69, 9.17) is 5.41 Å². The van der Waals surface area contributed by atoms with Crippen molar-refractivity contribution in [3.63, 3.8) is 0 Å². The SMILES string of the molecule is CCN(CC)c1ccc(/C=C2\SC(N3CCCC3)=NC2=N)cc1. The Kier molecular flexibility index (Phi) is 5.06. The summed E-state index contributed by atoms with van der Waals surface area (Å²) in [6.07, 6.45) is 4.54. The molecule has 0 aromatic heterocycles. The molecule has 0 aliphatic carbocycles. The summed E-state index contributed by atoms with van der Waals surface area (Å²) in [4.78, 5) is 10.0. The van der Waals surface area contributed by atoms with Crippen LogP contribution in [-0.2, 0) is 0 Å². The van der Waals surface area contributed by atoms with Crippen LogP contribution in [0.4, 0.5) is 5.69 Å². The molecule has 5 heteroatoms. The van der Waals surface area contributed by atoms with Gasteiger partial charge in [0.05, 0.1) is 4.91 Å². The molecule has 0 saturated carbocycles. The Labute approximate surface area is 142 Å². The van der Waals surface area contributed by atoms with Crippen LogP contribution < -0.4 is 4.90 Å². The van der Waals surface area contributed by atoms with Crippen molar-refractivity contribution >= 4 is 34.5 Å². The van der Waals surface area contributed by atoms with Crippen molar-refractivity contribution in [2.24, 2.45) is 4.99 Å². The van der Waals surface area contributed by atoms with Crippen LogP contribution >= 0.6 is 11.8 Å². The molecule has 0 atom stereocenters. The summed E-state index contributed by atoms with van der Waals surface area (Å²) in [5.74, 6) is 0.393. The molecule has 1 fully saturated rings. The van der Waals surface area contributed by atoms with Crippen molar-refractivity contribution in [3.05, 3.63) is 34.7 Å². The second-order valence-corrected chi connectivity index (χ2v) is 6.82. The third kappa shape index (κ3) is 3.61. The van der Waals surface area contributed by atoms with E-state index >= 15 is 0 Å². The minimum atomic E-state index is 0.393. The molecule has 2 aliphatic heterocycles. The van der Waals surface area contributed by atoms with Gasteiger partial charge >= 0.3 is 0 Å². The Hall–Kier alpha value is -1.75. The molecule has 0 unspecified atom stereocenters. The Balaban J connectivity index is 1.71. The second-order valence-electron chi connectivity index (χ2n) is 5.81. The first-order valence-electron chi connectivity index (χ1n) is 8.38. The minimum Gasteiger partial charge on any atom is -0.372 e. The normalized spacial score (nSPS) is 19.6. The molecule has 23 heavy (non-hydrogen) atoms. The van der Waals surface area contributed by atoms with Crippen LogP contribution in [0.2, 0.25) is 0 Å². The van der Waals surface area contributed by atoms with Gasteiger partial charge in [-0.15, -0.1) is 0 Å². The number of amidine groups is 2. The number of hydrogen-bond donors (Lipinski definition) is 1. The maximum absolute atomic E-state index is 8.11. The van der Waals surface area contributed by atoms with E-state index in [0.29, 0.717) is 5.84 Å². The van der Waals surface area contributed by atoms with Crippen LogP contribution in [0, 0.1) is 5.41 Å². The van der Waals surface area contributed by atoms with E-state index in [0.717, 1.165) is 41.8 Å². The van der Waals surface area contributed by atoms with E-state index in [1.165, 1.54) is 18.5 Å². The molecule has 2 aliphatic rings. The molecule has 1 saturated heterocycles. The van der Waals surface area contributed by atoms with Crippen molar-refractivity contribution in [3.8, 4) is 0 Å². The predicted molar refractivity (Wildman–Crippen MR) is 102 cm³/mol. The second kappa shape index (κ2) is 7.21. The van der Waals surface area contributed by atoms with Crippen LogP contribution in [0.15, 0.2) is 34.2 Å². The number of rotatable bonds is 4. The number of hydrogen-bond acceptors (Lipinski definition) is 4. The molecular weight excluding hydrogens is 304 g/mol. The zero-order valence-corrected chi connectivity index (χ0v) is 14.7. The lowest BCUT2D eigenvalue weighted by Crippen LogP contribution is -2.23. The van der Waals surface area contributed by atoms with Crippen LogP contribution in [0.25, 0.3) is 6.08 Å². The summed E-state index contributed by atoms with van der Waals surface area (Å²) in [6, 6.07) is 8.57. The highest BCUT2D eigenvalue weighted by Gasteiger charge is 2.25. The predicted octanol–water partition coefficient (Wildman–Crippen LogP) is 4.05. The number of anilines is 1. The third-order valence-corrected chi connectivity index (χ3v) is 5.40. The first-order valence-corrected chi connectivity index (χ1v) is 9.20. The average molecular weight is 328 g/mol. The minimum absolute atomic E-state index is 0.393. The van der Waals surface area contributed by atoms with Gasteiger partial charge in [0.25, 0.3) is 0 Å². The van der Waals surface area contributed by atoms with E-state index in [2.05, 4.69) is 59.0 Å². The van der Waals surface area contributed by atoms with Gasteiger partial charge in [-0.1, -0.05) is 12.1 Å². The standard InChI is InChI=1S/C18H24N4S/c1-3-21(4-2)15-9-7-14(8-10-15)13-16-17(19)20-18(23-16)22-11-5-6-12-22/h7-10,13,19H,3-6,11-12H2,1-2H3/b16-13-,19-17?. The molecule has 1 N–H and O–H groups in total. The molecule has 3 rings (SSSR count). The van der Waals surface area contributed by atoms with Crippen LogP contribution in [-0.4, -0.2) is 42.1 Å². The molecule has 0 spiro atoms. The van der Waals surface area contributed by atoms with Gasteiger partial charge in [0, 0.05) is 31.9 Å². The van der Waals surface area contributed by atoms with Gasteiger partial charge in [-0.25, -0.2) is 4.99 Å². The molecule has 1 aromatic carbocycles. The number of nitrogens with one attached hydrogen (secondary N) is 1. The quantitative estimate of drug-likeness (QED) is 0.907. The molecular formula is C18H24N4S. The van der Waals surface area contributed by atoms with Crippen LogP contribution in [0.3, 0.4) is 0 Å². The highest BCUT2D eigenvalue weighted by Crippen LogP contribution is 2.32. The summed E-state index contributed by atoms with van der Waals surface area (Å²) >= 11 is 1.63. The van der Waals surface area contributed by atoms with Gasteiger partial charge in [0.2, 0.25) is 0 Å². The van der Waals surface area contributed by atoms with Crippen molar-refractivity contribution in [1.82, 2.24) is 4.90 Å². The summed E-state index contributed by atoms with van der Waals surface area (Å²) in [7, 11) is 0. The zero-order valence-electron chi connectivity index (χ0n) is 13.9. The summed E-state index contributed by atoms with van der Waals surface area (Å²) < 4.78 is 0. The fraction of sp³-hybridized carbons (Fsp3) is 0.444. The number of nitrogens with zero attached hydrogens (tertiary/aromatic N) is 3. The van der Waals surface area contributed by atoms with Crippen molar-refractivity contribution < 1.29 is 0 Å². The van der Waals surface area contributed by atoms with Gasteiger partial charge in [-0.05, 0) is 62.2 Å².